The largest absolute Gasteiger partial charge is 0.187 e. The predicted octanol–water partition coefficient (Wildman–Crippen LogP) is -2.64. The van der Waals surface area contributed by atoms with Crippen LogP contribution in [0.15, 0.2) is 0 Å². The van der Waals surface area contributed by atoms with E-state index in [0.717, 1.165) is 0 Å². The average Bonchev–Trinajstić information content (AvgIpc) is 0. The van der Waals surface area contributed by atoms with Crippen molar-refractivity contribution in [1.82, 2.24) is 0 Å². The molecule has 0 aromatic rings. The van der Waals surface area contributed by atoms with E-state index < -0.39 is 0 Å². The van der Waals surface area contributed by atoms with Crippen LogP contribution < -0.4 is 0 Å². The molecule has 0 unspecified atom stereocenters. The molecule has 0 fully saturated rings. The summed E-state index contributed by atoms with van der Waals surface area (Å²) >= 11 is 0. The maximum Gasteiger partial charge on any atom is 0.187 e. The monoisotopic (exact) mass is 227 g/mol. The number of hydrogen-bond acceptors (Lipinski definition) is 0. The van der Waals surface area contributed by atoms with Crippen molar-refractivity contribution in [3.63, 3.8) is 0 Å². The fraction of sp³-hybridized carbons (Fsp3) is 0. The Kier molecular flexibility index (Phi) is 354. The maximum atomic E-state index is 0. The number of hydrogen-bond donors (Lipinski definition) is 0. The third kappa shape index (κ3) is 21.8. The molecule has 1 radical (unpaired) electrons. The molecular weight excluding hydrogens is 221 g/mol. The van der Waals surface area contributed by atoms with Gasteiger partial charge in [0, 0.05) is 52.1 Å². The van der Waals surface area contributed by atoms with E-state index in [-0.39, 0.29) is 80.4 Å². The van der Waals surface area contributed by atoms with Gasteiger partial charge in [0.05, 0.1) is 0 Å². The van der Waals surface area contributed by atoms with Gasteiger partial charge in [0.1, 0.15) is 0 Å². The van der Waals surface area contributed by atoms with Crippen LogP contribution in [0.4, 0.5) is 0 Å². The molecular formula is H7AlFeNiSiV. The summed E-state index contributed by atoms with van der Waals surface area (Å²) < 4.78 is 0. The van der Waals surface area contributed by atoms with Crippen molar-refractivity contribution >= 4 is 28.3 Å². The second-order valence-corrected chi connectivity index (χ2v) is 0. The Labute approximate surface area is 79.7 Å². The first-order valence-electron chi connectivity index (χ1n) is 0. The van der Waals surface area contributed by atoms with E-state index in [1.54, 1.807) is 0 Å². The molecule has 0 spiro atoms. The van der Waals surface area contributed by atoms with Gasteiger partial charge >= 0.3 is 0 Å². The minimum Gasteiger partial charge on any atom is -0.0149 e. The molecule has 0 amide bonds. The molecule has 5 heteroatoms. The smallest absolute Gasteiger partial charge is 0.0149 e. The molecule has 0 N–H and O–H groups in total. The fourth-order valence-electron chi connectivity index (χ4n) is 0. The van der Waals surface area contributed by atoms with E-state index in [9.17, 15) is 0 Å². The molecule has 0 aliphatic carbocycles. The van der Waals surface area contributed by atoms with Gasteiger partial charge in [-0.3, -0.25) is 0 Å². The molecule has 0 heterocycles. The molecule has 0 nitrogen and oxygen atoms in total. The van der Waals surface area contributed by atoms with Crippen LogP contribution in [-0.2, 0) is 52.1 Å². The third-order valence-corrected chi connectivity index (χ3v) is 0. The quantitative estimate of drug-likeness (QED) is 0.397. The average molecular weight is 228 g/mol. The zero-order chi connectivity index (χ0) is 0. The predicted molar refractivity (Wildman–Crippen MR) is 21.3 cm³/mol. The number of rotatable bonds is 0. The standard InChI is InChI=1S/Al.Fe.Ni.H4Si.V.3H/h;;;1H4;;;;. The van der Waals surface area contributed by atoms with Crippen molar-refractivity contribution in [3.05, 3.63) is 0 Å². The van der Waals surface area contributed by atoms with Gasteiger partial charge in [-0.15, -0.1) is 0 Å². The SMILES string of the molecule is [AlH3].[Fe].[Ni].[SiH4].[V]. The van der Waals surface area contributed by atoms with Crippen LogP contribution in [0, 0.1) is 0 Å². The van der Waals surface area contributed by atoms with Crippen LogP contribution in [0.5, 0.6) is 0 Å². The molecule has 0 saturated carbocycles. The summed E-state index contributed by atoms with van der Waals surface area (Å²) in [5, 5.41) is 0. The second-order valence-electron chi connectivity index (χ2n) is 0. The van der Waals surface area contributed by atoms with Crippen molar-refractivity contribution in [2.75, 3.05) is 0 Å². The summed E-state index contributed by atoms with van der Waals surface area (Å²) in [6.45, 7) is 0. The minimum atomic E-state index is 0. The van der Waals surface area contributed by atoms with Crippen molar-refractivity contribution in [2.24, 2.45) is 0 Å². The normalized spacial score (nSPS) is 0. The van der Waals surface area contributed by atoms with E-state index in [4.69, 9.17) is 0 Å². The van der Waals surface area contributed by atoms with Crippen LogP contribution in [0.1, 0.15) is 0 Å². The summed E-state index contributed by atoms with van der Waals surface area (Å²) in [7, 11) is 0. The molecule has 0 saturated heterocycles. The molecule has 0 aromatic heterocycles. The summed E-state index contributed by atoms with van der Waals surface area (Å²) in [6.07, 6.45) is 0. The maximum absolute atomic E-state index is 0. The Morgan fingerprint density at radius 1 is 1.00 bits per heavy atom. The van der Waals surface area contributed by atoms with E-state index in [2.05, 4.69) is 0 Å². The molecule has 0 aliphatic rings. The molecule has 37 valence electrons. The van der Waals surface area contributed by atoms with Crippen LogP contribution >= 0.6 is 0 Å². The van der Waals surface area contributed by atoms with Crippen molar-refractivity contribution in [2.45, 2.75) is 0 Å². The van der Waals surface area contributed by atoms with Crippen LogP contribution in [-0.4, -0.2) is 28.3 Å². The first-order valence-corrected chi connectivity index (χ1v) is 0. The summed E-state index contributed by atoms with van der Waals surface area (Å²) in [4.78, 5) is 0. The topological polar surface area (TPSA) is 0 Å². The first kappa shape index (κ1) is 53.7. The zero-order valence-corrected chi connectivity index (χ0v) is 4.61. The van der Waals surface area contributed by atoms with Gasteiger partial charge in [0.15, 0.2) is 17.4 Å². The van der Waals surface area contributed by atoms with Crippen molar-refractivity contribution < 1.29 is 52.1 Å². The Morgan fingerprint density at radius 3 is 1.00 bits per heavy atom. The van der Waals surface area contributed by atoms with E-state index in [1.807, 2.05) is 0 Å². The van der Waals surface area contributed by atoms with Gasteiger partial charge in [-0.25, -0.2) is 0 Å². The van der Waals surface area contributed by atoms with E-state index in [1.165, 1.54) is 0 Å². The van der Waals surface area contributed by atoms with Gasteiger partial charge in [-0.1, -0.05) is 0 Å². The summed E-state index contributed by atoms with van der Waals surface area (Å²) in [5.74, 6) is 0. The van der Waals surface area contributed by atoms with Crippen molar-refractivity contribution in [1.29, 1.82) is 0 Å². The Bertz CT molecular complexity index is 11.6. The molecule has 0 bridgehead atoms. The fourth-order valence-corrected chi connectivity index (χ4v) is 0. The molecule has 0 aromatic carbocycles. The first-order chi connectivity index (χ1) is 0. The van der Waals surface area contributed by atoms with Crippen molar-refractivity contribution in [3.8, 4) is 0 Å². The minimum absolute atomic E-state index is 0. The second kappa shape index (κ2) is 32.9. The molecule has 0 aliphatic heterocycles. The summed E-state index contributed by atoms with van der Waals surface area (Å²) in [6, 6.07) is 0. The Morgan fingerprint density at radius 2 is 1.00 bits per heavy atom. The van der Waals surface area contributed by atoms with E-state index >= 15 is 0 Å². The van der Waals surface area contributed by atoms with Gasteiger partial charge in [-0.2, -0.15) is 0 Å². The van der Waals surface area contributed by atoms with Gasteiger partial charge in [-0.05, 0) is 11.0 Å². The van der Waals surface area contributed by atoms with Crippen LogP contribution in [0.25, 0.3) is 0 Å². The van der Waals surface area contributed by atoms with Gasteiger partial charge in [0.25, 0.3) is 0 Å². The zero-order valence-electron chi connectivity index (χ0n) is 1.12. The molecule has 0 atom stereocenters. The van der Waals surface area contributed by atoms with Crippen LogP contribution in [0.2, 0.25) is 0 Å². The Hall–Kier alpha value is 2.35. The molecule has 5 heavy (non-hydrogen) atoms. The Balaban J connectivity index is 0. The van der Waals surface area contributed by atoms with Gasteiger partial charge < -0.3 is 0 Å². The van der Waals surface area contributed by atoms with Crippen LogP contribution in [0.3, 0.4) is 0 Å². The van der Waals surface area contributed by atoms with E-state index in [0.29, 0.717) is 0 Å². The summed E-state index contributed by atoms with van der Waals surface area (Å²) in [5.41, 5.74) is 0. The van der Waals surface area contributed by atoms with Gasteiger partial charge in [0.2, 0.25) is 0 Å². The molecule has 0 rings (SSSR count). The third-order valence-electron chi connectivity index (χ3n) is 0.